The zero-order valence-corrected chi connectivity index (χ0v) is 19.9. The number of aryl methyl sites for hydroxylation is 2. The maximum atomic E-state index is 12.8. The Morgan fingerprint density at radius 3 is 2.74 bits per heavy atom. The summed E-state index contributed by atoms with van der Waals surface area (Å²) < 4.78 is 16.9. The minimum absolute atomic E-state index is 0.0888. The van der Waals surface area contributed by atoms with Gasteiger partial charge in [-0.15, -0.1) is 11.3 Å². The first-order valence-corrected chi connectivity index (χ1v) is 12.2. The van der Waals surface area contributed by atoms with Crippen LogP contribution in [0.5, 0.6) is 17.2 Å². The highest BCUT2D eigenvalue weighted by Gasteiger charge is 2.23. The average molecular weight is 487 g/mol. The van der Waals surface area contributed by atoms with Gasteiger partial charge in [0.05, 0.1) is 10.9 Å². The van der Waals surface area contributed by atoms with Crippen LogP contribution >= 0.6 is 11.3 Å². The molecule has 0 radical (unpaired) electrons. The number of anilines is 1. The molecular formula is C27H22N2O5S. The van der Waals surface area contributed by atoms with Gasteiger partial charge in [-0.1, -0.05) is 19.1 Å². The van der Waals surface area contributed by atoms with Gasteiger partial charge in [-0.3, -0.25) is 9.59 Å². The number of thiophene rings is 1. The number of ether oxygens (including phenoxy) is 2. The first-order chi connectivity index (χ1) is 17.1. The molecule has 2 aromatic carbocycles. The van der Waals surface area contributed by atoms with Crippen molar-refractivity contribution in [1.82, 2.24) is 0 Å². The third-order valence-corrected chi connectivity index (χ3v) is 7.14. The van der Waals surface area contributed by atoms with Gasteiger partial charge in [0.1, 0.15) is 34.4 Å². The molecule has 0 aliphatic heterocycles. The van der Waals surface area contributed by atoms with Crippen LogP contribution in [0.2, 0.25) is 0 Å². The van der Waals surface area contributed by atoms with Gasteiger partial charge >= 0.3 is 0 Å². The number of hydrogen-bond donors (Lipinski definition) is 1. The first kappa shape index (κ1) is 22.7. The smallest absolute Gasteiger partial charge is 0.262 e. The summed E-state index contributed by atoms with van der Waals surface area (Å²) in [7, 11) is 0. The molecule has 0 unspecified atom stereocenters. The van der Waals surface area contributed by atoms with E-state index >= 15 is 0 Å². The lowest BCUT2D eigenvalue weighted by Gasteiger charge is -2.09. The normalized spacial score (nSPS) is 12.2. The maximum absolute atomic E-state index is 12.8. The van der Waals surface area contributed by atoms with Crippen LogP contribution in [0.3, 0.4) is 0 Å². The Kier molecular flexibility index (Phi) is 6.25. The number of benzene rings is 2. The van der Waals surface area contributed by atoms with Crippen LogP contribution in [0.4, 0.5) is 5.00 Å². The number of nitrogens with one attached hydrogen (secondary N) is 1. The van der Waals surface area contributed by atoms with Crippen LogP contribution in [0.1, 0.15) is 34.9 Å². The summed E-state index contributed by atoms with van der Waals surface area (Å²) >= 11 is 1.46. The first-order valence-electron chi connectivity index (χ1n) is 11.4. The lowest BCUT2D eigenvalue weighted by molar-refractivity contribution is -0.118. The van der Waals surface area contributed by atoms with Gasteiger partial charge < -0.3 is 19.2 Å². The molecule has 0 saturated heterocycles. The van der Waals surface area contributed by atoms with E-state index in [1.54, 1.807) is 18.2 Å². The highest BCUT2D eigenvalue weighted by atomic mass is 32.1. The Bertz CT molecular complexity index is 1510. The number of amides is 1. The molecule has 8 heteroatoms. The van der Waals surface area contributed by atoms with Crippen LogP contribution in [-0.4, -0.2) is 12.5 Å². The molecule has 0 spiro atoms. The van der Waals surface area contributed by atoms with E-state index in [0.717, 1.165) is 31.2 Å². The number of fused-ring (bicyclic) bond motifs is 2. The fourth-order valence-electron chi connectivity index (χ4n) is 4.09. The van der Waals surface area contributed by atoms with E-state index in [-0.39, 0.29) is 23.7 Å². The summed E-state index contributed by atoms with van der Waals surface area (Å²) in [6, 6.07) is 14.5. The molecule has 1 amide bonds. The number of nitrogens with zero attached hydrogens (tertiary/aromatic N) is 1. The van der Waals surface area contributed by atoms with E-state index in [9.17, 15) is 14.9 Å². The van der Waals surface area contributed by atoms with Crippen molar-refractivity contribution < 1.29 is 18.7 Å². The Morgan fingerprint density at radius 1 is 1.17 bits per heavy atom. The molecule has 7 nitrogen and oxygen atoms in total. The summed E-state index contributed by atoms with van der Waals surface area (Å²) in [5.74, 6) is 0.663. The van der Waals surface area contributed by atoms with E-state index < -0.39 is 0 Å². The SMILES string of the molecule is CCc1ccc(Oc2coc3cc(OCC(=O)Nc4sc5c(c4C#N)CCC5)ccc3c2=O)cc1. The Morgan fingerprint density at radius 2 is 1.97 bits per heavy atom. The second kappa shape index (κ2) is 9.65. The topological polar surface area (TPSA) is 102 Å². The van der Waals surface area contributed by atoms with Crippen LogP contribution in [0.25, 0.3) is 11.0 Å². The van der Waals surface area contributed by atoms with Gasteiger partial charge in [0.25, 0.3) is 5.91 Å². The molecule has 35 heavy (non-hydrogen) atoms. The monoisotopic (exact) mass is 486 g/mol. The predicted octanol–water partition coefficient (Wildman–Crippen LogP) is 5.59. The molecule has 1 N–H and O–H groups in total. The quantitative estimate of drug-likeness (QED) is 0.366. The van der Waals surface area contributed by atoms with Gasteiger partial charge in [0, 0.05) is 10.9 Å². The zero-order chi connectivity index (χ0) is 24.4. The summed E-state index contributed by atoms with van der Waals surface area (Å²) in [5, 5.41) is 13.2. The largest absolute Gasteiger partial charge is 0.484 e. The number of carbonyl (C=O) groups excluding carboxylic acids is 1. The number of rotatable bonds is 7. The average Bonchev–Trinajstić information content (AvgIpc) is 3.45. The molecule has 5 rings (SSSR count). The van der Waals surface area contributed by atoms with Crippen molar-refractivity contribution in [3.05, 3.63) is 80.5 Å². The van der Waals surface area contributed by atoms with Gasteiger partial charge in [-0.05, 0) is 61.1 Å². The molecule has 0 atom stereocenters. The second-order valence-corrected chi connectivity index (χ2v) is 9.30. The third-order valence-electron chi connectivity index (χ3n) is 5.93. The van der Waals surface area contributed by atoms with E-state index in [1.165, 1.54) is 28.0 Å². The van der Waals surface area contributed by atoms with Gasteiger partial charge in [0.2, 0.25) is 11.2 Å². The standard InChI is InChI=1S/C27H22N2O5S/c1-2-16-6-8-17(9-7-16)34-23-14-33-22-12-18(10-11-20(22)26(23)31)32-15-25(30)29-27-21(13-28)19-4-3-5-24(19)35-27/h6-12,14H,2-5,15H2,1H3,(H,29,30). The second-order valence-electron chi connectivity index (χ2n) is 8.20. The van der Waals surface area contributed by atoms with Crippen molar-refractivity contribution in [2.45, 2.75) is 32.6 Å². The van der Waals surface area contributed by atoms with Crippen molar-refractivity contribution >= 4 is 33.2 Å². The van der Waals surface area contributed by atoms with E-state index in [1.807, 2.05) is 24.3 Å². The van der Waals surface area contributed by atoms with Crippen LogP contribution in [-0.2, 0) is 24.1 Å². The van der Waals surface area contributed by atoms with Crippen molar-refractivity contribution in [3.8, 4) is 23.3 Å². The van der Waals surface area contributed by atoms with Gasteiger partial charge in [0.15, 0.2) is 6.61 Å². The van der Waals surface area contributed by atoms with Crippen molar-refractivity contribution in [3.63, 3.8) is 0 Å². The van der Waals surface area contributed by atoms with E-state index in [2.05, 4.69) is 18.3 Å². The summed E-state index contributed by atoms with van der Waals surface area (Å²) in [5.41, 5.74) is 2.81. The maximum Gasteiger partial charge on any atom is 0.262 e. The van der Waals surface area contributed by atoms with Gasteiger partial charge in [-0.25, -0.2) is 0 Å². The Hall–Kier alpha value is -4.09. The van der Waals surface area contributed by atoms with Crippen LogP contribution < -0.4 is 20.2 Å². The highest BCUT2D eigenvalue weighted by molar-refractivity contribution is 7.16. The molecule has 0 fully saturated rings. The molecular weight excluding hydrogens is 464 g/mol. The molecule has 1 aliphatic rings. The molecule has 4 aromatic rings. The fourth-order valence-corrected chi connectivity index (χ4v) is 5.35. The molecule has 0 bridgehead atoms. The van der Waals surface area contributed by atoms with Crippen LogP contribution in [0, 0.1) is 11.3 Å². The Labute approximate surface area is 205 Å². The summed E-state index contributed by atoms with van der Waals surface area (Å²) in [6.45, 7) is 1.83. The van der Waals surface area contributed by atoms with Crippen molar-refractivity contribution in [1.29, 1.82) is 5.26 Å². The zero-order valence-electron chi connectivity index (χ0n) is 19.1. The molecule has 176 valence electrons. The highest BCUT2D eigenvalue weighted by Crippen LogP contribution is 2.38. The third kappa shape index (κ3) is 4.63. The van der Waals surface area contributed by atoms with Gasteiger partial charge in [-0.2, -0.15) is 5.26 Å². The lowest BCUT2D eigenvalue weighted by atomic mass is 10.1. The predicted molar refractivity (Wildman–Crippen MR) is 134 cm³/mol. The van der Waals surface area contributed by atoms with Crippen molar-refractivity contribution in [2.24, 2.45) is 0 Å². The van der Waals surface area contributed by atoms with E-state index in [0.29, 0.717) is 33.0 Å². The number of carbonyl (C=O) groups is 1. The minimum atomic E-state index is -0.360. The van der Waals surface area contributed by atoms with Crippen LogP contribution in [0.15, 0.2) is 57.9 Å². The van der Waals surface area contributed by atoms with E-state index in [4.69, 9.17) is 13.9 Å². The van der Waals surface area contributed by atoms with Crippen molar-refractivity contribution in [2.75, 3.05) is 11.9 Å². The molecule has 0 saturated carbocycles. The Balaban J connectivity index is 1.26. The molecule has 2 aromatic heterocycles. The molecule has 1 aliphatic carbocycles. The summed E-state index contributed by atoms with van der Waals surface area (Å²) in [6.07, 6.45) is 5.06. The molecule has 2 heterocycles. The minimum Gasteiger partial charge on any atom is -0.484 e. The summed E-state index contributed by atoms with van der Waals surface area (Å²) in [4.78, 5) is 26.4. The lowest BCUT2D eigenvalue weighted by Crippen LogP contribution is -2.20. The number of nitriles is 1. The number of hydrogen-bond acceptors (Lipinski definition) is 7. The fraction of sp³-hybridized carbons (Fsp3) is 0.222.